The number of sulfonamides is 1. The molecule has 0 saturated carbocycles. The van der Waals surface area contributed by atoms with Gasteiger partial charge < -0.3 is 4.74 Å². The van der Waals surface area contributed by atoms with Crippen LogP contribution in [0.3, 0.4) is 0 Å². The summed E-state index contributed by atoms with van der Waals surface area (Å²) >= 11 is 6.00. The molecule has 5 nitrogen and oxygen atoms in total. The normalized spacial score (nSPS) is 11.5. The van der Waals surface area contributed by atoms with Crippen LogP contribution in [0.15, 0.2) is 58.5 Å². The molecule has 0 heterocycles. The van der Waals surface area contributed by atoms with E-state index < -0.39 is 10.0 Å². The lowest BCUT2D eigenvalue weighted by atomic mass is 10.2. The van der Waals surface area contributed by atoms with Gasteiger partial charge in [0.2, 0.25) is 0 Å². The molecular formula is C14H13ClN2O3S. The summed E-state index contributed by atoms with van der Waals surface area (Å²) in [4.78, 5) is 2.27. The molecule has 2 aromatic rings. The van der Waals surface area contributed by atoms with Crippen molar-refractivity contribution in [3.63, 3.8) is 0 Å². The smallest absolute Gasteiger partial charge is 0.276 e. The molecule has 0 saturated heterocycles. The van der Waals surface area contributed by atoms with E-state index in [0.717, 1.165) is 0 Å². The summed E-state index contributed by atoms with van der Waals surface area (Å²) in [6.45, 7) is 0. The Morgan fingerprint density at radius 1 is 1.19 bits per heavy atom. The quantitative estimate of drug-likeness (QED) is 0.679. The highest BCUT2D eigenvalue weighted by molar-refractivity contribution is 7.89. The minimum absolute atomic E-state index is 0.138. The van der Waals surface area contributed by atoms with Gasteiger partial charge in [-0.3, -0.25) is 0 Å². The van der Waals surface area contributed by atoms with Crippen LogP contribution in [-0.4, -0.2) is 21.7 Å². The summed E-state index contributed by atoms with van der Waals surface area (Å²) < 4.78 is 29.0. The lowest BCUT2D eigenvalue weighted by molar-refractivity contribution is 0.415. The zero-order chi connectivity index (χ0) is 15.3. The van der Waals surface area contributed by atoms with Crippen molar-refractivity contribution in [1.82, 2.24) is 4.83 Å². The molecule has 0 aliphatic carbocycles. The van der Waals surface area contributed by atoms with Crippen LogP contribution >= 0.6 is 11.6 Å². The Bertz CT molecular complexity index is 746. The summed E-state index contributed by atoms with van der Waals surface area (Å²) in [5, 5.41) is 4.17. The molecule has 0 aromatic heterocycles. The number of methoxy groups -OCH3 is 1. The van der Waals surface area contributed by atoms with Gasteiger partial charge in [0.15, 0.2) is 0 Å². The van der Waals surface area contributed by atoms with E-state index in [-0.39, 0.29) is 4.90 Å². The monoisotopic (exact) mass is 324 g/mol. The second kappa shape index (κ2) is 6.60. The van der Waals surface area contributed by atoms with Crippen molar-refractivity contribution in [3.05, 3.63) is 59.1 Å². The van der Waals surface area contributed by atoms with Crippen LogP contribution < -0.4 is 9.57 Å². The minimum Gasteiger partial charge on any atom is -0.497 e. The maximum atomic E-state index is 11.9. The predicted octanol–water partition coefficient (Wildman–Crippen LogP) is 2.66. The Labute approximate surface area is 128 Å². The maximum Gasteiger partial charge on any atom is 0.276 e. The highest BCUT2D eigenvalue weighted by atomic mass is 35.5. The topological polar surface area (TPSA) is 67.8 Å². The van der Waals surface area contributed by atoms with Crippen molar-refractivity contribution in [3.8, 4) is 5.75 Å². The van der Waals surface area contributed by atoms with Gasteiger partial charge in [-0.1, -0.05) is 29.8 Å². The van der Waals surface area contributed by atoms with Crippen LogP contribution in [0.5, 0.6) is 5.75 Å². The van der Waals surface area contributed by atoms with Crippen molar-refractivity contribution in [2.45, 2.75) is 4.90 Å². The van der Waals surface area contributed by atoms with Crippen molar-refractivity contribution in [2.24, 2.45) is 5.10 Å². The molecule has 0 fully saturated rings. The van der Waals surface area contributed by atoms with Crippen molar-refractivity contribution >= 4 is 27.8 Å². The predicted molar refractivity (Wildman–Crippen MR) is 82.4 cm³/mol. The fourth-order valence-electron chi connectivity index (χ4n) is 1.57. The Hall–Kier alpha value is -2.05. The highest BCUT2D eigenvalue weighted by Crippen LogP contribution is 2.20. The largest absolute Gasteiger partial charge is 0.497 e. The Morgan fingerprint density at radius 2 is 1.90 bits per heavy atom. The van der Waals surface area contributed by atoms with Gasteiger partial charge in [0.1, 0.15) is 5.75 Å². The van der Waals surface area contributed by atoms with Crippen molar-refractivity contribution in [2.75, 3.05) is 7.11 Å². The maximum absolute atomic E-state index is 11.9. The van der Waals surface area contributed by atoms with Gasteiger partial charge in [-0.05, 0) is 30.3 Å². The summed E-state index contributed by atoms with van der Waals surface area (Å²) in [5.41, 5.74) is 0.548. The third-order valence-electron chi connectivity index (χ3n) is 2.63. The minimum atomic E-state index is -3.68. The average molecular weight is 325 g/mol. The number of benzene rings is 2. The molecule has 0 aliphatic heterocycles. The van der Waals surface area contributed by atoms with E-state index in [1.807, 2.05) is 0 Å². The number of hydrazone groups is 1. The van der Waals surface area contributed by atoms with Gasteiger partial charge in [0.05, 0.1) is 18.2 Å². The molecule has 0 amide bonds. The number of hydrogen-bond donors (Lipinski definition) is 1. The molecule has 0 atom stereocenters. The van der Waals surface area contributed by atoms with Crippen LogP contribution in [0.2, 0.25) is 5.02 Å². The number of halogens is 1. The molecule has 110 valence electrons. The third kappa shape index (κ3) is 3.96. The first kappa shape index (κ1) is 15.3. The van der Waals surface area contributed by atoms with E-state index in [0.29, 0.717) is 16.3 Å². The summed E-state index contributed by atoms with van der Waals surface area (Å²) in [6.07, 6.45) is 1.32. The Balaban J connectivity index is 2.16. The van der Waals surface area contributed by atoms with Crippen molar-refractivity contribution in [1.29, 1.82) is 0 Å². The molecule has 1 N–H and O–H groups in total. The Morgan fingerprint density at radius 3 is 2.57 bits per heavy atom. The molecule has 0 spiro atoms. The SMILES string of the molecule is COc1ccc(Cl)c(/C=N/NS(=O)(=O)c2ccccc2)c1. The number of ether oxygens (including phenoxy) is 1. The average Bonchev–Trinajstić information content (AvgIpc) is 2.50. The molecule has 0 unspecified atom stereocenters. The molecule has 2 aromatic carbocycles. The molecular weight excluding hydrogens is 312 g/mol. The summed E-state index contributed by atoms with van der Waals surface area (Å²) in [7, 11) is -2.15. The van der Waals surface area contributed by atoms with Crippen LogP contribution in [0.1, 0.15) is 5.56 Å². The lowest BCUT2D eigenvalue weighted by Crippen LogP contribution is -2.18. The first-order chi connectivity index (χ1) is 10.0. The van der Waals surface area contributed by atoms with Gasteiger partial charge in [0.25, 0.3) is 10.0 Å². The zero-order valence-corrected chi connectivity index (χ0v) is 12.7. The van der Waals surface area contributed by atoms with Gasteiger partial charge in [-0.25, -0.2) is 4.83 Å². The fraction of sp³-hybridized carbons (Fsp3) is 0.0714. The van der Waals surface area contributed by atoms with Gasteiger partial charge in [0, 0.05) is 10.6 Å². The summed E-state index contributed by atoms with van der Waals surface area (Å²) in [5.74, 6) is 0.603. The van der Waals surface area contributed by atoms with E-state index in [1.165, 1.54) is 25.5 Å². The van der Waals surface area contributed by atoms with E-state index in [1.54, 1.807) is 36.4 Å². The van der Waals surface area contributed by atoms with Gasteiger partial charge in [-0.2, -0.15) is 13.5 Å². The molecule has 7 heteroatoms. The third-order valence-corrected chi connectivity index (χ3v) is 4.22. The zero-order valence-electron chi connectivity index (χ0n) is 11.2. The van der Waals surface area contributed by atoms with Crippen LogP contribution in [0.4, 0.5) is 0 Å². The molecule has 0 radical (unpaired) electrons. The second-order valence-electron chi connectivity index (χ2n) is 4.05. The van der Waals surface area contributed by atoms with Crippen LogP contribution in [0.25, 0.3) is 0 Å². The first-order valence-corrected chi connectivity index (χ1v) is 7.82. The summed E-state index contributed by atoms with van der Waals surface area (Å²) in [6, 6.07) is 13.0. The fourth-order valence-corrected chi connectivity index (χ4v) is 2.54. The number of nitrogens with zero attached hydrogens (tertiary/aromatic N) is 1. The van der Waals surface area contributed by atoms with Crippen LogP contribution in [-0.2, 0) is 10.0 Å². The number of nitrogens with one attached hydrogen (secondary N) is 1. The molecule has 21 heavy (non-hydrogen) atoms. The van der Waals surface area contributed by atoms with Crippen LogP contribution in [0, 0.1) is 0 Å². The molecule has 0 aliphatic rings. The van der Waals surface area contributed by atoms with E-state index >= 15 is 0 Å². The molecule has 0 bridgehead atoms. The van der Waals surface area contributed by atoms with Crippen molar-refractivity contribution < 1.29 is 13.2 Å². The molecule has 2 rings (SSSR count). The Kier molecular flexibility index (Phi) is 4.82. The first-order valence-electron chi connectivity index (χ1n) is 5.96. The van der Waals surface area contributed by atoms with Gasteiger partial charge in [-0.15, -0.1) is 0 Å². The standard InChI is InChI=1S/C14H13ClN2O3S/c1-20-12-7-8-14(15)11(9-12)10-16-17-21(18,19)13-5-3-2-4-6-13/h2-10,17H,1H3/b16-10+. The number of hydrogen-bond acceptors (Lipinski definition) is 4. The van der Waals surface area contributed by atoms with Gasteiger partial charge >= 0.3 is 0 Å². The second-order valence-corrected chi connectivity index (χ2v) is 6.12. The van der Waals surface area contributed by atoms with E-state index in [4.69, 9.17) is 16.3 Å². The number of rotatable bonds is 5. The highest BCUT2D eigenvalue weighted by Gasteiger charge is 2.11. The van der Waals surface area contributed by atoms with E-state index in [9.17, 15) is 8.42 Å². The van der Waals surface area contributed by atoms with E-state index in [2.05, 4.69) is 9.93 Å². The lowest BCUT2D eigenvalue weighted by Gasteiger charge is -2.04.